The van der Waals surface area contributed by atoms with E-state index in [1.807, 2.05) is 0 Å². The molecule has 5 rings (SSSR count). The summed E-state index contributed by atoms with van der Waals surface area (Å²) in [5.74, 6) is -0.0990. The first-order valence-electron chi connectivity index (χ1n) is 11.1. The average molecular weight is 515 g/mol. The van der Waals surface area contributed by atoms with Crippen LogP contribution in [0.3, 0.4) is 0 Å². The molecular formula is C23H23Cl2F3N4O2. The monoisotopic (exact) mass is 514 g/mol. The third-order valence-corrected chi connectivity index (χ3v) is 7.64. The molecular weight excluding hydrogens is 492 g/mol. The van der Waals surface area contributed by atoms with E-state index in [0.29, 0.717) is 34.9 Å². The van der Waals surface area contributed by atoms with Gasteiger partial charge in [-0.1, -0.05) is 29.3 Å². The third kappa shape index (κ3) is 4.07. The van der Waals surface area contributed by atoms with Gasteiger partial charge in [0.05, 0.1) is 21.2 Å². The van der Waals surface area contributed by atoms with E-state index < -0.39 is 17.9 Å². The predicted molar refractivity (Wildman–Crippen MR) is 122 cm³/mol. The maximum Gasteiger partial charge on any atom is 0.435 e. The SMILES string of the molecule is CC1=C(C(=O)N2CCC3(CCCO3)CC2)C(c2ccc(Cl)c(Cl)c2)n2nc(C(F)(F)F)cc2N1. The molecule has 1 aromatic carbocycles. The minimum absolute atomic E-state index is 0.148. The Labute approximate surface area is 204 Å². The summed E-state index contributed by atoms with van der Waals surface area (Å²) in [5, 5.41) is 7.32. The summed E-state index contributed by atoms with van der Waals surface area (Å²) in [5.41, 5.74) is 0.111. The quantitative estimate of drug-likeness (QED) is 0.560. The lowest BCUT2D eigenvalue weighted by atomic mass is 9.87. The normalized spacial score (nSPS) is 22.2. The van der Waals surface area contributed by atoms with Crippen molar-refractivity contribution in [2.24, 2.45) is 0 Å². The molecule has 1 unspecified atom stereocenters. The Hall–Kier alpha value is -2.23. The number of benzene rings is 1. The fourth-order valence-corrected chi connectivity index (χ4v) is 5.42. The van der Waals surface area contributed by atoms with Crippen molar-refractivity contribution in [3.05, 3.63) is 56.8 Å². The number of likely N-dealkylation sites (tertiary alicyclic amines) is 1. The van der Waals surface area contributed by atoms with Gasteiger partial charge in [-0.3, -0.25) is 4.79 Å². The summed E-state index contributed by atoms with van der Waals surface area (Å²) in [6.45, 7) is 3.46. The number of nitrogens with one attached hydrogen (secondary N) is 1. The lowest BCUT2D eigenvalue weighted by Gasteiger charge is -2.40. The molecule has 3 aliphatic heterocycles. The number of rotatable bonds is 2. The number of alkyl halides is 3. The van der Waals surface area contributed by atoms with Crippen molar-refractivity contribution < 1.29 is 22.7 Å². The van der Waals surface area contributed by atoms with E-state index in [4.69, 9.17) is 27.9 Å². The molecule has 3 aliphatic rings. The molecule has 11 heteroatoms. The van der Waals surface area contributed by atoms with Crippen LogP contribution in [0.4, 0.5) is 19.0 Å². The molecule has 0 bridgehead atoms. The number of halogens is 5. The van der Waals surface area contributed by atoms with E-state index >= 15 is 0 Å². The number of piperidine rings is 1. The van der Waals surface area contributed by atoms with Gasteiger partial charge in [0, 0.05) is 31.5 Å². The van der Waals surface area contributed by atoms with Crippen LogP contribution in [0.25, 0.3) is 0 Å². The third-order valence-electron chi connectivity index (χ3n) is 6.90. The lowest BCUT2D eigenvalue weighted by molar-refractivity contribution is -0.141. The van der Waals surface area contributed by atoms with Crippen molar-refractivity contribution in [1.82, 2.24) is 14.7 Å². The number of fused-ring (bicyclic) bond motifs is 1. The molecule has 6 nitrogen and oxygen atoms in total. The summed E-state index contributed by atoms with van der Waals surface area (Å²) in [4.78, 5) is 15.5. The van der Waals surface area contributed by atoms with E-state index in [2.05, 4.69) is 10.4 Å². The van der Waals surface area contributed by atoms with Crippen molar-refractivity contribution in [3.63, 3.8) is 0 Å². The van der Waals surface area contributed by atoms with Gasteiger partial charge >= 0.3 is 6.18 Å². The van der Waals surface area contributed by atoms with Gasteiger partial charge < -0.3 is 15.0 Å². The lowest BCUT2D eigenvalue weighted by Crippen LogP contribution is -2.48. The number of ether oxygens (including phenoxy) is 1. The van der Waals surface area contributed by atoms with Crippen LogP contribution >= 0.6 is 23.2 Å². The first-order chi connectivity index (χ1) is 16.1. The van der Waals surface area contributed by atoms with Crippen molar-refractivity contribution in [2.45, 2.75) is 50.4 Å². The second-order valence-electron chi connectivity index (χ2n) is 9.02. The Balaban J connectivity index is 1.53. The summed E-state index contributed by atoms with van der Waals surface area (Å²) >= 11 is 12.3. The number of hydrogen-bond acceptors (Lipinski definition) is 4. The Morgan fingerprint density at radius 1 is 1.18 bits per heavy atom. The van der Waals surface area contributed by atoms with E-state index in [-0.39, 0.29) is 22.3 Å². The van der Waals surface area contributed by atoms with Gasteiger partial charge in [0.1, 0.15) is 11.9 Å². The zero-order valence-corrected chi connectivity index (χ0v) is 19.9. The molecule has 1 amide bonds. The van der Waals surface area contributed by atoms with Gasteiger partial charge in [0.15, 0.2) is 5.69 Å². The number of aromatic nitrogens is 2. The molecule has 1 spiro atoms. The van der Waals surface area contributed by atoms with Crippen molar-refractivity contribution >= 4 is 34.9 Å². The highest BCUT2D eigenvalue weighted by atomic mass is 35.5. The second-order valence-corrected chi connectivity index (χ2v) is 9.84. The number of allylic oxidation sites excluding steroid dienone is 1. The highest BCUT2D eigenvalue weighted by Gasteiger charge is 2.43. The number of hydrogen-bond donors (Lipinski definition) is 1. The van der Waals surface area contributed by atoms with Crippen LogP contribution in [0, 0.1) is 0 Å². The molecule has 2 saturated heterocycles. The molecule has 2 aromatic rings. The number of anilines is 1. The molecule has 4 heterocycles. The molecule has 1 aromatic heterocycles. The average Bonchev–Trinajstić information content (AvgIpc) is 3.42. The van der Waals surface area contributed by atoms with E-state index in [1.165, 1.54) is 4.68 Å². The Morgan fingerprint density at radius 3 is 2.53 bits per heavy atom. The fourth-order valence-electron chi connectivity index (χ4n) is 5.11. The fraction of sp³-hybridized carbons (Fsp3) is 0.478. The summed E-state index contributed by atoms with van der Waals surface area (Å²) in [6.07, 6.45) is -1.15. The van der Waals surface area contributed by atoms with Gasteiger partial charge in [-0.25, -0.2) is 4.68 Å². The molecule has 34 heavy (non-hydrogen) atoms. The highest BCUT2D eigenvalue weighted by Crippen LogP contribution is 2.42. The molecule has 0 saturated carbocycles. The van der Waals surface area contributed by atoms with Crippen LogP contribution < -0.4 is 5.32 Å². The van der Waals surface area contributed by atoms with Crippen LogP contribution in [0.5, 0.6) is 0 Å². The van der Waals surface area contributed by atoms with Crippen molar-refractivity contribution in [2.75, 3.05) is 25.0 Å². The van der Waals surface area contributed by atoms with Crippen LogP contribution in [0.2, 0.25) is 10.0 Å². The topological polar surface area (TPSA) is 59.4 Å². The smallest absolute Gasteiger partial charge is 0.375 e. The van der Waals surface area contributed by atoms with E-state index in [0.717, 1.165) is 38.4 Å². The summed E-state index contributed by atoms with van der Waals surface area (Å²) < 4.78 is 47.6. The minimum Gasteiger partial charge on any atom is -0.375 e. The van der Waals surface area contributed by atoms with Gasteiger partial charge in [-0.05, 0) is 50.3 Å². The Morgan fingerprint density at radius 2 is 1.91 bits per heavy atom. The summed E-state index contributed by atoms with van der Waals surface area (Å²) in [7, 11) is 0. The molecule has 182 valence electrons. The predicted octanol–water partition coefficient (Wildman–Crippen LogP) is 5.67. The van der Waals surface area contributed by atoms with Crippen LogP contribution in [0.15, 0.2) is 35.5 Å². The zero-order chi connectivity index (χ0) is 24.3. The van der Waals surface area contributed by atoms with Crippen LogP contribution in [0.1, 0.15) is 49.9 Å². The maximum atomic E-state index is 13.8. The molecule has 1 N–H and O–H groups in total. The van der Waals surface area contributed by atoms with E-state index in [9.17, 15) is 18.0 Å². The minimum atomic E-state index is -4.63. The van der Waals surface area contributed by atoms with Crippen molar-refractivity contribution in [1.29, 1.82) is 0 Å². The number of carbonyl (C=O) groups is 1. The zero-order valence-electron chi connectivity index (χ0n) is 18.4. The largest absolute Gasteiger partial charge is 0.435 e. The standard InChI is InChI=1S/C23H23Cl2F3N4O2/c1-13-19(21(33)31-8-6-22(7-9-31)5-2-10-34-22)20(14-3-4-15(24)16(25)11-14)32-18(29-13)12-17(30-32)23(26,27)28/h3-4,11-12,20,29H,2,5-10H2,1H3. The first-order valence-corrected chi connectivity index (χ1v) is 11.9. The Kier molecular flexibility index (Phi) is 5.85. The Bertz CT molecular complexity index is 1160. The maximum absolute atomic E-state index is 13.8. The van der Waals surface area contributed by atoms with Gasteiger partial charge in [-0.2, -0.15) is 18.3 Å². The van der Waals surface area contributed by atoms with E-state index in [1.54, 1.807) is 30.0 Å². The van der Waals surface area contributed by atoms with Crippen LogP contribution in [-0.4, -0.2) is 45.9 Å². The molecule has 1 atom stereocenters. The van der Waals surface area contributed by atoms with Crippen LogP contribution in [-0.2, 0) is 15.7 Å². The number of nitrogens with zero attached hydrogens (tertiary/aromatic N) is 3. The van der Waals surface area contributed by atoms with Crippen molar-refractivity contribution in [3.8, 4) is 0 Å². The molecule has 2 fully saturated rings. The number of carbonyl (C=O) groups excluding carboxylic acids is 1. The molecule has 0 aliphatic carbocycles. The second kappa shape index (κ2) is 8.46. The van der Waals surface area contributed by atoms with Gasteiger partial charge in [0.25, 0.3) is 5.91 Å². The first kappa shape index (κ1) is 23.5. The highest BCUT2D eigenvalue weighted by molar-refractivity contribution is 6.42. The van der Waals surface area contributed by atoms with Gasteiger partial charge in [0.2, 0.25) is 0 Å². The number of amides is 1. The molecule has 0 radical (unpaired) electrons. The summed E-state index contributed by atoms with van der Waals surface area (Å²) in [6, 6.07) is 4.83. The van der Waals surface area contributed by atoms with Gasteiger partial charge in [-0.15, -0.1) is 0 Å².